The standard InChI is InChI=1S/C18H46N2O4Si4.C11H31NO4Si4/c1-7-25(3)16-10-9-15-21-27(5,17-11-13-19)23-26(4,8-2)24-28(6,22-25)18-12-14-20;1-4-19(2)10-6-5-9-13-17-15-20(3,11-7-8-12)16-18-14-19/h7-20H2,1-6H3;4-12,17-18H2,1-3H3. The summed E-state index contributed by atoms with van der Waals surface area (Å²) in [6.45, 7) is 23.9. The number of hydrogen-bond donors (Lipinski definition) is 3. The summed E-state index contributed by atoms with van der Waals surface area (Å²) >= 11 is 0. The summed E-state index contributed by atoms with van der Waals surface area (Å²) in [7, 11) is -14.4. The van der Waals surface area contributed by atoms with E-state index >= 15 is 0 Å². The predicted molar refractivity (Wildman–Crippen MR) is 220 cm³/mol. The lowest BCUT2D eigenvalue weighted by molar-refractivity contribution is 0.208. The highest BCUT2D eigenvalue weighted by Gasteiger charge is 2.49. The van der Waals surface area contributed by atoms with Crippen LogP contribution in [0.4, 0.5) is 0 Å². The highest BCUT2D eigenvalue weighted by Crippen LogP contribution is 2.34. The van der Waals surface area contributed by atoms with Crippen molar-refractivity contribution in [2.24, 2.45) is 17.2 Å². The zero-order chi connectivity index (χ0) is 36.2. The van der Waals surface area contributed by atoms with Crippen LogP contribution in [0.2, 0.25) is 87.6 Å². The van der Waals surface area contributed by atoms with Gasteiger partial charge in [-0.15, -0.1) is 0 Å². The Morgan fingerprint density at radius 3 is 1.56 bits per heavy atom. The minimum Gasteiger partial charge on any atom is -0.441 e. The quantitative estimate of drug-likeness (QED) is 0.222. The molecule has 0 aromatic carbocycles. The van der Waals surface area contributed by atoms with Gasteiger partial charge in [-0.2, -0.15) is 0 Å². The summed E-state index contributed by atoms with van der Waals surface area (Å²) < 4.78 is 51.5. The van der Waals surface area contributed by atoms with Crippen LogP contribution in [-0.4, -0.2) is 104 Å². The van der Waals surface area contributed by atoms with Crippen molar-refractivity contribution in [2.45, 2.75) is 153 Å². The summed E-state index contributed by atoms with van der Waals surface area (Å²) in [4.78, 5) is 0. The molecule has 0 saturated carbocycles. The molecule has 0 aromatic heterocycles. The molecule has 0 spiro atoms. The molecule has 48 heavy (non-hydrogen) atoms. The van der Waals surface area contributed by atoms with Crippen LogP contribution in [-0.2, 0) is 33.5 Å². The van der Waals surface area contributed by atoms with Gasteiger partial charge in [-0.3, -0.25) is 0 Å². The zero-order valence-corrected chi connectivity index (χ0v) is 41.4. The van der Waals surface area contributed by atoms with E-state index in [2.05, 4.69) is 60.1 Å². The van der Waals surface area contributed by atoms with Crippen LogP contribution in [0.5, 0.6) is 0 Å². The lowest BCUT2D eigenvalue weighted by Gasteiger charge is -2.45. The average Bonchev–Trinajstić information content (AvgIpc) is 3.04. The summed E-state index contributed by atoms with van der Waals surface area (Å²) in [5.41, 5.74) is 17.3. The van der Waals surface area contributed by atoms with Gasteiger partial charge >= 0.3 is 34.2 Å². The largest absolute Gasteiger partial charge is 0.441 e. The minimum absolute atomic E-state index is 0.674. The van der Waals surface area contributed by atoms with Gasteiger partial charge in [0, 0.05) is 13.2 Å². The van der Waals surface area contributed by atoms with Crippen molar-refractivity contribution in [1.82, 2.24) is 0 Å². The normalized spacial score (nSPS) is 37.8. The van der Waals surface area contributed by atoms with E-state index in [1.165, 1.54) is 24.6 Å². The Morgan fingerprint density at radius 1 is 0.500 bits per heavy atom. The molecule has 6 unspecified atom stereocenters. The Labute approximate surface area is 306 Å². The van der Waals surface area contributed by atoms with Crippen LogP contribution in [0.25, 0.3) is 0 Å². The second kappa shape index (κ2) is 23.9. The third-order valence-corrected chi connectivity index (χ3v) is 41.8. The van der Waals surface area contributed by atoms with E-state index in [9.17, 15) is 0 Å². The van der Waals surface area contributed by atoms with Gasteiger partial charge in [0.25, 0.3) is 20.0 Å². The molecule has 6 atom stereocenters. The smallest absolute Gasteiger partial charge is 0.326 e. The first-order chi connectivity index (χ1) is 22.6. The Hall–Kier alpha value is 1.30. The van der Waals surface area contributed by atoms with E-state index in [0.717, 1.165) is 82.0 Å². The van der Waals surface area contributed by atoms with E-state index in [1.807, 2.05) is 0 Å². The molecule has 2 rings (SSSR count). The highest BCUT2D eigenvalue weighted by atomic mass is 28.5. The van der Waals surface area contributed by atoms with Crippen molar-refractivity contribution in [3.63, 3.8) is 0 Å². The molecule has 2 fully saturated rings. The summed E-state index contributed by atoms with van der Waals surface area (Å²) in [6, 6.07) is 8.43. The van der Waals surface area contributed by atoms with Gasteiger partial charge in [0.05, 0.1) is 0 Å². The maximum atomic E-state index is 7.01. The number of hydrogen-bond acceptors (Lipinski definition) is 11. The monoisotopic (exact) mass is 819 g/mol. The molecule has 19 heteroatoms. The molecular formula is C29H77N3O8Si8. The maximum Gasteiger partial charge on any atom is 0.326 e. The van der Waals surface area contributed by atoms with Crippen LogP contribution in [0.15, 0.2) is 0 Å². The van der Waals surface area contributed by atoms with Gasteiger partial charge in [-0.1, -0.05) is 33.6 Å². The van der Waals surface area contributed by atoms with Gasteiger partial charge in [0.15, 0.2) is 16.6 Å². The van der Waals surface area contributed by atoms with E-state index in [-0.39, 0.29) is 0 Å². The van der Waals surface area contributed by atoms with E-state index < -0.39 is 70.9 Å². The first-order valence-electron chi connectivity index (χ1n) is 18.9. The molecule has 0 radical (unpaired) electrons. The van der Waals surface area contributed by atoms with Crippen molar-refractivity contribution in [2.75, 3.05) is 32.8 Å². The highest BCUT2D eigenvalue weighted by molar-refractivity contribution is 6.89. The Bertz CT molecular complexity index is 872. The van der Waals surface area contributed by atoms with Gasteiger partial charge in [0.2, 0.25) is 0 Å². The molecule has 2 heterocycles. The molecular weight excluding hydrogens is 743 g/mol. The molecule has 0 amide bonds. The van der Waals surface area contributed by atoms with Crippen molar-refractivity contribution in [1.29, 1.82) is 0 Å². The second-order valence-electron chi connectivity index (χ2n) is 14.8. The van der Waals surface area contributed by atoms with Crippen LogP contribution < -0.4 is 17.2 Å². The fourth-order valence-corrected chi connectivity index (χ4v) is 36.4. The summed E-state index contributed by atoms with van der Waals surface area (Å²) in [5.74, 6) is 0. The van der Waals surface area contributed by atoms with Gasteiger partial charge in [0.1, 0.15) is 0 Å². The Kier molecular flexibility index (Phi) is 23.5. The van der Waals surface area contributed by atoms with Crippen molar-refractivity contribution in [3.8, 4) is 0 Å². The predicted octanol–water partition coefficient (Wildman–Crippen LogP) is 5.24. The number of nitrogens with two attached hydrogens (primary N) is 3. The molecule has 0 bridgehead atoms. The second-order valence-corrected chi connectivity index (χ2v) is 41.4. The van der Waals surface area contributed by atoms with Crippen molar-refractivity contribution < 1.29 is 33.5 Å². The topological polar surface area (TPSA) is 152 Å². The van der Waals surface area contributed by atoms with Crippen molar-refractivity contribution in [3.05, 3.63) is 0 Å². The van der Waals surface area contributed by atoms with Gasteiger partial charge in [-0.25, -0.2) is 0 Å². The molecule has 0 aromatic rings. The first-order valence-corrected chi connectivity index (χ1v) is 37.0. The summed E-state index contributed by atoms with van der Waals surface area (Å²) in [6.07, 6.45) is 7.43. The average molecular weight is 821 g/mol. The lowest BCUT2D eigenvalue weighted by atomic mass is 10.4. The van der Waals surface area contributed by atoms with Crippen LogP contribution in [0, 0.1) is 0 Å². The molecule has 6 N–H and O–H groups in total. The lowest BCUT2D eigenvalue weighted by Crippen LogP contribution is -2.60. The molecule has 0 aliphatic carbocycles. The third-order valence-electron chi connectivity index (χ3n) is 9.94. The summed E-state index contributed by atoms with van der Waals surface area (Å²) in [5, 5.41) is 0. The van der Waals surface area contributed by atoms with Gasteiger partial charge in [-0.05, 0) is 139 Å². The SMILES string of the molecule is CC[Si]1(C)CCCCO[SiH2]O[Si](C)(CCCN)O[SiH2]O1.CC[Si]1(C)CCCCO[Si](C)(CCCN)O[Si](C)(CC)O[Si](C)(CCCN)O1. The van der Waals surface area contributed by atoms with Crippen LogP contribution in [0.3, 0.4) is 0 Å². The first kappa shape index (κ1) is 47.3. The fourth-order valence-electron chi connectivity index (χ4n) is 6.10. The number of rotatable bonds is 12. The van der Waals surface area contributed by atoms with E-state index in [4.69, 9.17) is 50.7 Å². The third kappa shape index (κ3) is 18.9. The molecule has 288 valence electrons. The van der Waals surface area contributed by atoms with Crippen molar-refractivity contribution >= 4 is 70.9 Å². The molecule has 11 nitrogen and oxygen atoms in total. The molecule has 2 aliphatic rings. The van der Waals surface area contributed by atoms with Crippen LogP contribution >= 0.6 is 0 Å². The molecule has 2 aliphatic heterocycles. The van der Waals surface area contributed by atoms with Gasteiger partial charge < -0.3 is 50.7 Å². The Morgan fingerprint density at radius 2 is 1.00 bits per heavy atom. The minimum atomic E-state index is -2.42. The van der Waals surface area contributed by atoms with E-state index in [0.29, 0.717) is 19.6 Å². The fraction of sp³-hybridized carbons (Fsp3) is 1.00. The molecule has 2 saturated heterocycles. The Balaban J connectivity index is 0.000000507. The van der Waals surface area contributed by atoms with Crippen LogP contribution in [0.1, 0.15) is 65.7 Å². The van der Waals surface area contributed by atoms with E-state index in [1.54, 1.807) is 0 Å². The maximum absolute atomic E-state index is 7.01. The zero-order valence-electron chi connectivity index (χ0n) is 32.6.